The second-order valence-corrected chi connectivity index (χ2v) is 7.64. The maximum absolute atomic E-state index is 13.2. The van der Waals surface area contributed by atoms with Crippen molar-refractivity contribution in [2.45, 2.75) is 45.1 Å². The summed E-state index contributed by atoms with van der Waals surface area (Å²) in [5.74, 6) is 1.01. The van der Waals surface area contributed by atoms with Crippen LogP contribution in [0.25, 0.3) is 0 Å². The number of fused-ring (bicyclic) bond motifs is 2. The highest BCUT2D eigenvalue weighted by molar-refractivity contribution is 6.08. The molecule has 4 nitrogen and oxygen atoms in total. The molecule has 6 rings (SSSR count). The number of esters is 1. The molecular formula is C19H20O4. The number of carbonyl (C=O) groups excluding carboxylic acids is 2. The van der Waals surface area contributed by atoms with Crippen molar-refractivity contribution in [3.8, 4) is 5.75 Å². The van der Waals surface area contributed by atoms with Crippen LogP contribution in [0.5, 0.6) is 5.75 Å². The second kappa shape index (κ2) is 3.97. The Morgan fingerprint density at radius 1 is 1.35 bits per heavy atom. The zero-order chi connectivity index (χ0) is 16.1. The van der Waals surface area contributed by atoms with Gasteiger partial charge >= 0.3 is 5.97 Å². The number of benzene rings is 1. The summed E-state index contributed by atoms with van der Waals surface area (Å²) in [4.78, 5) is 26.0. The van der Waals surface area contributed by atoms with Crippen LogP contribution in [0.3, 0.4) is 0 Å². The van der Waals surface area contributed by atoms with Crippen molar-refractivity contribution in [2.24, 2.45) is 17.3 Å². The summed E-state index contributed by atoms with van der Waals surface area (Å²) < 4.78 is 11.2. The van der Waals surface area contributed by atoms with Gasteiger partial charge in [0.25, 0.3) is 0 Å². The molecule has 2 aliphatic heterocycles. The lowest BCUT2D eigenvalue weighted by Crippen LogP contribution is -2.61. The summed E-state index contributed by atoms with van der Waals surface area (Å²) in [5, 5.41) is 0. The van der Waals surface area contributed by atoms with Gasteiger partial charge in [-0.15, -0.1) is 0 Å². The van der Waals surface area contributed by atoms with Gasteiger partial charge in [-0.3, -0.25) is 9.59 Å². The van der Waals surface area contributed by atoms with Gasteiger partial charge < -0.3 is 9.47 Å². The van der Waals surface area contributed by atoms with E-state index < -0.39 is 5.41 Å². The normalized spacial score (nSPS) is 39.3. The van der Waals surface area contributed by atoms with Crippen molar-refractivity contribution < 1.29 is 19.1 Å². The summed E-state index contributed by atoms with van der Waals surface area (Å²) in [6, 6.07) is 2.08. The third-order valence-corrected chi connectivity index (χ3v) is 6.97. The van der Waals surface area contributed by atoms with Gasteiger partial charge in [0.05, 0.1) is 18.4 Å². The number of hydrogen-bond acceptors (Lipinski definition) is 4. The van der Waals surface area contributed by atoms with E-state index in [2.05, 4.69) is 13.0 Å². The molecule has 0 aromatic heterocycles. The highest BCUT2D eigenvalue weighted by Gasteiger charge is 2.69. The van der Waals surface area contributed by atoms with Crippen LogP contribution in [0.4, 0.5) is 0 Å². The third-order valence-electron chi connectivity index (χ3n) is 6.97. The first-order chi connectivity index (χ1) is 11.0. The van der Waals surface area contributed by atoms with Crippen LogP contribution in [0.15, 0.2) is 6.07 Å². The first-order valence-electron chi connectivity index (χ1n) is 8.46. The van der Waals surface area contributed by atoms with Crippen LogP contribution in [0, 0.1) is 24.2 Å². The van der Waals surface area contributed by atoms with E-state index in [1.54, 1.807) is 7.11 Å². The monoisotopic (exact) mass is 312 g/mol. The van der Waals surface area contributed by atoms with Gasteiger partial charge in [-0.2, -0.15) is 0 Å². The zero-order valence-electron chi connectivity index (χ0n) is 13.6. The second-order valence-electron chi connectivity index (χ2n) is 7.64. The number of carbonyl (C=O) groups is 2. The van der Waals surface area contributed by atoms with Crippen molar-refractivity contribution in [1.82, 2.24) is 0 Å². The fraction of sp³-hybridized carbons (Fsp3) is 0.579. The van der Waals surface area contributed by atoms with Crippen LogP contribution in [-0.2, 0) is 16.0 Å². The molecule has 2 bridgehead atoms. The quantitative estimate of drug-likeness (QED) is 0.748. The van der Waals surface area contributed by atoms with Crippen LogP contribution in [-0.4, -0.2) is 25.0 Å². The predicted octanol–water partition coefficient (Wildman–Crippen LogP) is 2.80. The summed E-state index contributed by atoms with van der Waals surface area (Å²) >= 11 is 0. The summed E-state index contributed by atoms with van der Waals surface area (Å²) in [7, 11) is 1.65. The lowest BCUT2D eigenvalue weighted by Gasteiger charge is -2.57. The zero-order valence-corrected chi connectivity index (χ0v) is 13.6. The Bertz CT molecular complexity index is 780. The topological polar surface area (TPSA) is 52.6 Å². The lowest BCUT2D eigenvalue weighted by molar-refractivity contribution is -0.203. The van der Waals surface area contributed by atoms with Crippen molar-refractivity contribution in [2.75, 3.05) is 7.11 Å². The SMILES string of the molecule is COc1cc2c3c(c1C)C(=O)[C@@H]1[C@@H]4C[C@H](C)[C@@](CC2)(C(=O)O4)[C@H]31. The molecule has 23 heavy (non-hydrogen) atoms. The van der Waals surface area contributed by atoms with Crippen molar-refractivity contribution in [1.29, 1.82) is 0 Å². The first kappa shape index (κ1) is 13.6. The Kier molecular flexibility index (Phi) is 2.35. The Morgan fingerprint density at radius 3 is 2.83 bits per heavy atom. The third kappa shape index (κ3) is 1.28. The number of methoxy groups -OCH3 is 1. The largest absolute Gasteiger partial charge is 0.496 e. The molecule has 0 radical (unpaired) electrons. The molecule has 5 atom stereocenters. The van der Waals surface area contributed by atoms with E-state index in [1.807, 2.05) is 6.92 Å². The maximum Gasteiger partial charge on any atom is 0.313 e. The fourth-order valence-electron chi connectivity index (χ4n) is 5.93. The van der Waals surface area contributed by atoms with Crippen molar-refractivity contribution in [3.63, 3.8) is 0 Å². The minimum absolute atomic E-state index is 0.0216. The van der Waals surface area contributed by atoms with Crippen molar-refractivity contribution in [3.05, 3.63) is 28.3 Å². The fourth-order valence-corrected chi connectivity index (χ4v) is 5.93. The Morgan fingerprint density at radius 2 is 2.13 bits per heavy atom. The molecule has 0 unspecified atom stereocenters. The first-order valence-corrected chi connectivity index (χ1v) is 8.46. The molecule has 1 aromatic carbocycles. The maximum atomic E-state index is 13.2. The molecule has 1 aromatic rings. The molecule has 3 aliphatic carbocycles. The Hall–Kier alpha value is -1.84. The molecule has 120 valence electrons. The predicted molar refractivity (Wildman–Crippen MR) is 82.7 cm³/mol. The minimum atomic E-state index is -0.492. The van der Waals surface area contributed by atoms with Gasteiger partial charge in [0.2, 0.25) is 0 Å². The standard InChI is InChI=1S/C19H20O4/c1-8-6-12-15-16-14-10(4-5-19(8,16)18(21)23-12)7-11(22-3)9(2)13(14)17(15)20/h7-8,12,15-16H,4-6H2,1-3H3/t8-,12-,15+,16+,19+/m0/s1. The lowest BCUT2D eigenvalue weighted by atomic mass is 9.50. The summed E-state index contributed by atoms with van der Waals surface area (Å²) in [6.07, 6.45) is 2.17. The van der Waals surface area contributed by atoms with Crippen LogP contribution < -0.4 is 4.74 Å². The highest BCUT2D eigenvalue weighted by atomic mass is 16.5. The van der Waals surface area contributed by atoms with E-state index in [9.17, 15) is 9.59 Å². The van der Waals surface area contributed by atoms with E-state index in [0.717, 1.165) is 41.7 Å². The number of aryl methyl sites for hydroxylation is 1. The van der Waals surface area contributed by atoms with Gasteiger partial charge in [-0.25, -0.2) is 0 Å². The number of ether oxygens (including phenoxy) is 2. The van der Waals surface area contributed by atoms with Crippen LogP contribution in [0.2, 0.25) is 0 Å². The number of rotatable bonds is 1. The molecule has 4 heteroatoms. The van der Waals surface area contributed by atoms with Crippen molar-refractivity contribution >= 4 is 11.8 Å². The van der Waals surface area contributed by atoms with Gasteiger partial charge in [-0.05, 0) is 49.3 Å². The number of ketones is 1. The van der Waals surface area contributed by atoms with E-state index in [1.165, 1.54) is 5.56 Å². The smallest absolute Gasteiger partial charge is 0.313 e. The number of Topliss-reactive ketones (excluding diaryl/α,β-unsaturated/α-hetero) is 1. The van der Waals surface area contributed by atoms with Crippen LogP contribution in [0.1, 0.15) is 52.7 Å². The average molecular weight is 312 g/mol. The van der Waals surface area contributed by atoms with Crippen LogP contribution >= 0.6 is 0 Å². The van der Waals surface area contributed by atoms with Gasteiger partial charge in [0, 0.05) is 17.0 Å². The average Bonchev–Trinajstić information content (AvgIpc) is 2.84. The molecule has 1 saturated carbocycles. The number of hydrogen-bond donors (Lipinski definition) is 0. The van der Waals surface area contributed by atoms with E-state index in [-0.39, 0.29) is 35.6 Å². The molecule has 0 N–H and O–H groups in total. The van der Waals surface area contributed by atoms with E-state index >= 15 is 0 Å². The molecule has 2 saturated heterocycles. The highest BCUT2D eigenvalue weighted by Crippen LogP contribution is 2.67. The molecule has 2 heterocycles. The molecule has 3 fully saturated rings. The van der Waals surface area contributed by atoms with Gasteiger partial charge in [-0.1, -0.05) is 6.92 Å². The summed E-state index contributed by atoms with van der Waals surface area (Å²) in [6.45, 7) is 4.12. The minimum Gasteiger partial charge on any atom is -0.496 e. The molecule has 0 amide bonds. The van der Waals surface area contributed by atoms with Gasteiger partial charge in [0.15, 0.2) is 5.78 Å². The van der Waals surface area contributed by atoms with E-state index in [4.69, 9.17) is 9.47 Å². The molecular weight excluding hydrogens is 292 g/mol. The Balaban J connectivity index is 1.85. The summed E-state index contributed by atoms with van der Waals surface area (Å²) in [5.41, 5.74) is 3.58. The van der Waals surface area contributed by atoms with E-state index in [0.29, 0.717) is 0 Å². The van der Waals surface area contributed by atoms with Gasteiger partial charge in [0.1, 0.15) is 11.9 Å². The molecule has 5 aliphatic rings. The molecule has 1 spiro atoms. The Labute approximate surface area is 135 Å².